The predicted molar refractivity (Wildman–Crippen MR) is 83.4 cm³/mol. The van der Waals surface area contributed by atoms with E-state index in [9.17, 15) is 18.0 Å². The third-order valence-corrected chi connectivity index (χ3v) is 4.90. The van der Waals surface area contributed by atoms with Crippen LogP contribution in [0.1, 0.15) is 18.9 Å². The van der Waals surface area contributed by atoms with Crippen molar-refractivity contribution in [1.29, 1.82) is 0 Å². The number of carbonyl (C=O) groups excluding carboxylic acids is 2. The Bertz CT molecular complexity index is 702. The summed E-state index contributed by atoms with van der Waals surface area (Å²) in [7, 11) is -3.26. The summed E-state index contributed by atoms with van der Waals surface area (Å²) in [4.78, 5) is 25.7. The molecule has 1 heterocycles. The number of urea groups is 1. The van der Waals surface area contributed by atoms with Crippen LogP contribution < -0.4 is 5.32 Å². The molecule has 1 N–H and O–H groups in total. The summed E-state index contributed by atoms with van der Waals surface area (Å²) >= 11 is 5.85. The molecule has 2 rings (SSSR count). The minimum Gasteiger partial charge on any atom is -0.319 e. The van der Waals surface area contributed by atoms with Crippen molar-refractivity contribution in [3.8, 4) is 0 Å². The van der Waals surface area contributed by atoms with Gasteiger partial charge in [0.25, 0.3) is 5.91 Å². The lowest BCUT2D eigenvalue weighted by Crippen LogP contribution is -2.43. The Hall–Kier alpha value is -1.60. The minimum absolute atomic E-state index is 0.154. The van der Waals surface area contributed by atoms with Gasteiger partial charge in [0.15, 0.2) is 0 Å². The van der Waals surface area contributed by atoms with Gasteiger partial charge in [-0.3, -0.25) is 9.69 Å². The zero-order valence-electron chi connectivity index (χ0n) is 12.3. The molecule has 22 heavy (non-hydrogen) atoms. The molecule has 1 unspecified atom stereocenters. The summed E-state index contributed by atoms with van der Waals surface area (Å²) in [5, 5.41) is 3.22. The standard InChI is InChI=1S/C14H17ClN2O4S/c1-3-14(10-4-6-11(15)7-5-10)12(18)17(13(19)16-14)8-9-22(2,20)21/h4-7H,3,8-9H2,1-2H3,(H,16,19). The lowest BCUT2D eigenvalue weighted by molar-refractivity contribution is -0.131. The van der Waals surface area contributed by atoms with Gasteiger partial charge in [0.1, 0.15) is 15.4 Å². The molecule has 1 aromatic rings. The van der Waals surface area contributed by atoms with Crippen molar-refractivity contribution in [3.63, 3.8) is 0 Å². The molecule has 0 radical (unpaired) electrons. The summed E-state index contributed by atoms with van der Waals surface area (Å²) in [6.45, 7) is 1.63. The number of sulfone groups is 1. The molecular weight excluding hydrogens is 328 g/mol. The molecule has 0 spiro atoms. The second-order valence-corrected chi connectivity index (χ2v) is 7.98. The molecule has 120 valence electrons. The SMILES string of the molecule is CCC1(c2ccc(Cl)cc2)NC(=O)N(CCS(C)(=O)=O)C1=O. The van der Waals surface area contributed by atoms with Crippen molar-refractivity contribution in [2.45, 2.75) is 18.9 Å². The maximum atomic E-state index is 12.7. The van der Waals surface area contributed by atoms with Crippen molar-refractivity contribution in [2.75, 3.05) is 18.6 Å². The van der Waals surface area contributed by atoms with E-state index in [2.05, 4.69) is 5.32 Å². The van der Waals surface area contributed by atoms with Gasteiger partial charge in [-0.25, -0.2) is 13.2 Å². The summed E-state index contributed by atoms with van der Waals surface area (Å²) in [5.41, 5.74) is -0.543. The number of nitrogens with one attached hydrogen (secondary N) is 1. The van der Waals surface area contributed by atoms with Crippen molar-refractivity contribution >= 4 is 33.4 Å². The van der Waals surface area contributed by atoms with Crippen LogP contribution in [0.15, 0.2) is 24.3 Å². The number of hydrogen-bond acceptors (Lipinski definition) is 4. The molecule has 0 aliphatic carbocycles. The third kappa shape index (κ3) is 3.10. The normalized spacial score (nSPS) is 22.0. The maximum absolute atomic E-state index is 12.7. The van der Waals surface area contributed by atoms with E-state index in [-0.39, 0.29) is 12.3 Å². The number of imide groups is 1. The van der Waals surface area contributed by atoms with Crippen LogP contribution in [0.25, 0.3) is 0 Å². The van der Waals surface area contributed by atoms with E-state index in [1.165, 1.54) is 0 Å². The molecule has 1 aliphatic heterocycles. The van der Waals surface area contributed by atoms with Gasteiger partial charge >= 0.3 is 6.03 Å². The van der Waals surface area contributed by atoms with Crippen LogP contribution in [0, 0.1) is 0 Å². The van der Waals surface area contributed by atoms with Gasteiger partial charge < -0.3 is 5.32 Å². The Morgan fingerprint density at radius 2 is 1.82 bits per heavy atom. The summed E-state index contributed by atoms with van der Waals surface area (Å²) < 4.78 is 22.5. The molecule has 0 bridgehead atoms. The topological polar surface area (TPSA) is 83.6 Å². The number of carbonyl (C=O) groups is 2. The molecular formula is C14H17ClN2O4S. The molecule has 1 saturated heterocycles. The molecule has 1 aromatic carbocycles. The van der Waals surface area contributed by atoms with Crippen LogP contribution in [-0.2, 0) is 20.2 Å². The molecule has 1 aliphatic rings. The quantitative estimate of drug-likeness (QED) is 0.821. The molecule has 3 amide bonds. The number of nitrogens with zero attached hydrogens (tertiary/aromatic N) is 1. The van der Waals surface area contributed by atoms with Crippen molar-refractivity contribution in [1.82, 2.24) is 10.2 Å². The first kappa shape index (κ1) is 16.8. The Balaban J connectivity index is 2.33. The fourth-order valence-electron chi connectivity index (χ4n) is 2.46. The van der Waals surface area contributed by atoms with E-state index < -0.39 is 27.3 Å². The molecule has 8 heteroatoms. The van der Waals surface area contributed by atoms with Crippen molar-refractivity contribution in [3.05, 3.63) is 34.9 Å². The number of amides is 3. The average molecular weight is 345 g/mol. The Labute approximate surface area is 134 Å². The molecule has 1 fully saturated rings. The molecule has 1 atom stereocenters. The monoisotopic (exact) mass is 344 g/mol. The first-order valence-corrected chi connectivity index (χ1v) is 9.21. The van der Waals surface area contributed by atoms with E-state index >= 15 is 0 Å². The highest BCUT2D eigenvalue weighted by Crippen LogP contribution is 2.32. The molecule has 0 aromatic heterocycles. The molecule has 6 nitrogen and oxygen atoms in total. The van der Waals surface area contributed by atoms with Crippen LogP contribution in [0.4, 0.5) is 4.79 Å². The van der Waals surface area contributed by atoms with Crippen molar-refractivity contribution < 1.29 is 18.0 Å². The third-order valence-electron chi connectivity index (χ3n) is 3.73. The van der Waals surface area contributed by atoms with Gasteiger partial charge in [-0.2, -0.15) is 0 Å². The van der Waals surface area contributed by atoms with E-state index in [4.69, 9.17) is 11.6 Å². The predicted octanol–water partition coefficient (Wildman–Crippen LogP) is 1.54. The van der Waals surface area contributed by atoms with Crippen LogP contribution in [0.5, 0.6) is 0 Å². The zero-order valence-corrected chi connectivity index (χ0v) is 13.9. The Morgan fingerprint density at radius 1 is 1.23 bits per heavy atom. The number of halogens is 1. The average Bonchev–Trinajstić information content (AvgIpc) is 2.68. The molecule has 0 saturated carbocycles. The highest BCUT2D eigenvalue weighted by Gasteiger charge is 2.51. The van der Waals surface area contributed by atoms with Gasteiger partial charge in [-0.05, 0) is 24.1 Å². The summed E-state index contributed by atoms with van der Waals surface area (Å²) in [6.07, 6.45) is 1.42. The summed E-state index contributed by atoms with van der Waals surface area (Å²) in [5.74, 6) is -0.696. The first-order chi connectivity index (χ1) is 10.2. The number of hydrogen-bond donors (Lipinski definition) is 1. The van der Waals surface area contributed by atoms with Gasteiger partial charge in [0.05, 0.1) is 5.75 Å². The van der Waals surface area contributed by atoms with Crippen LogP contribution >= 0.6 is 11.6 Å². The van der Waals surface area contributed by atoms with Gasteiger partial charge in [-0.15, -0.1) is 0 Å². The van der Waals surface area contributed by atoms with Crippen LogP contribution in [0.2, 0.25) is 5.02 Å². The minimum atomic E-state index is -3.26. The van der Waals surface area contributed by atoms with Gasteiger partial charge in [-0.1, -0.05) is 30.7 Å². The highest BCUT2D eigenvalue weighted by atomic mass is 35.5. The number of benzene rings is 1. The second-order valence-electron chi connectivity index (χ2n) is 5.28. The second kappa shape index (κ2) is 5.89. The fourth-order valence-corrected chi connectivity index (χ4v) is 3.10. The van der Waals surface area contributed by atoms with E-state index in [1.54, 1.807) is 31.2 Å². The zero-order chi connectivity index (χ0) is 16.5. The lowest BCUT2D eigenvalue weighted by Gasteiger charge is -2.25. The number of rotatable bonds is 5. The Kier molecular flexibility index (Phi) is 4.49. The van der Waals surface area contributed by atoms with Gasteiger partial charge in [0.2, 0.25) is 0 Å². The Morgan fingerprint density at radius 3 is 2.32 bits per heavy atom. The van der Waals surface area contributed by atoms with E-state index in [1.807, 2.05) is 0 Å². The highest BCUT2D eigenvalue weighted by molar-refractivity contribution is 7.90. The van der Waals surface area contributed by atoms with E-state index in [0.717, 1.165) is 11.2 Å². The van der Waals surface area contributed by atoms with Crippen molar-refractivity contribution in [2.24, 2.45) is 0 Å². The summed E-state index contributed by atoms with van der Waals surface area (Å²) in [6, 6.07) is 6.08. The van der Waals surface area contributed by atoms with Crippen LogP contribution in [-0.4, -0.2) is 43.8 Å². The first-order valence-electron chi connectivity index (χ1n) is 6.77. The van der Waals surface area contributed by atoms with Crippen LogP contribution in [0.3, 0.4) is 0 Å². The largest absolute Gasteiger partial charge is 0.325 e. The maximum Gasteiger partial charge on any atom is 0.325 e. The lowest BCUT2D eigenvalue weighted by atomic mass is 9.87. The smallest absolute Gasteiger partial charge is 0.319 e. The van der Waals surface area contributed by atoms with E-state index in [0.29, 0.717) is 17.0 Å². The van der Waals surface area contributed by atoms with Gasteiger partial charge in [0, 0.05) is 17.8 Å². The fraction of sp³-hybridized carbons (Fsp3) is 0.429.